The average Bonchev–Trinajstić information content (AvgIpc) is 2.39. The Morgan fingerprint density at radius 1 is 0.682 bits per heavy atom. The molecule has 0 heterocycles. The van der Waals surface area contributed by atoms with Gasteiger partial charge in [-0.15, -0.1) is 0 Å². The fraction of sp³-hybridized carbons (Fsp3) is 0.667. The van der Waals surface area contributed by atoms with Crippen molar-refractivity contribution in [3.05, 3.63) is 0 Å². The first-order chi connectivity index (χ1) is 10.2. The zero-order valence-electron chi connectivity index (χ0n) is 11.8. The van der Waals surface area contributed by atoms with Gasteiger partial charge in [-0.25, -0.2) is 0 Å². The molecule has 0 aromatic carbocycles. The van der Waals surface area contributed by atoms with Gasteiger partial charge in [-0.2, -0.15) is 0 Å². The second-order valence-electron chi connectivity index (χ2n) is 4.55. The predicted molar refractivity (Wildman–Crippen MR) is 72.6 cm³/mol. The molecule has 0 rings (SSSR count). The van der Waals surface area contributed by atoms with Crippen LogP contribution in [0.15, 0.2) is 0 Å². The Bertz CT molecular complexity index is 374. The highest BCUT2D eigenvalue weighted by Crippen LogP contribution is 1.99. The maximum atomic E-state index is 10.9. The molecule has 0 radical (unpaired) electrons. The summed E-state index contributed by atoms with van der Waals surface area (Å²) in [4.78, 5) is 42.6. The van der Waals surface area contributed by atoms with Gasteiger partial charge in [-0.05, 0) is 12.8 Å². The normalized spacial score (nSPS) is 13.3. The van der Waals surface area contributed by atoms with Crippen LogP contribution in [-0.2, 0) is 19.2 Å². The predicted octanol–water partition coefficient (Wildman–Crippen LogP) is -1.20. The summed E-state index contributed by atoms with van der Waals surface area (Å²) in [5.41, 5.74) is 0. The molecule has 0 bridgehead atoms. The molecular weight excluding hydrogens is 300 g/mol. The Balaban J connectivity index is 4.12. The molecule has 10 heteroatoms. The topological polar surface area (TPSA) is 173 Å². The number of rotatable bonds is 13. The fourth-order valence-electron chi connectivity index (χ4n) is 1.65. The van der Waals surface area contributed by atoms with Gasteiger partial charge in [0.05, 0.1) is 0 Å². The summed E-state index contributed by atoms with van der Waals surface area (Å²) in [7, 11) is 0. The molecular formula is C12H20N2O8. The molecule has 0 aliphatic carbocycles. The van der Waals surface area contributed by atoms with Gasteiger partial charge >= 0.3 is 23.9 Å². The molecule has 10 nitrogen and oxygen atoms in total. The first-order valence-corrected chi connectivity index (χ1v) is 6.60. The van der Waals surface area contributed by atoms with Crippen molar-refractivity contribution < 1.29 is 39.6 Å². The molecule has 6 N–H and O–H groups in total. The second kappa shape index (κ2) is 10.5. The SMILES string of the molecule is O=C(O)CCC(NCCN[C@@H](CCC(=O)O)C(=O)O)C(=O)O. The molecule has 1 unspecified atom stereocenters. The van der Waals surface area contributed by atoms with E-state index < -0.39 is 36.0 Å². The lowest BCUT2D eigenvalue weighted by Crippen LogP contribution is -2.44. The van der Waals surface area contributed by atoms with Gasteiger partial charge in [-0.3, -0.25) is 19.2 Å². The van der Waals surface area contributed by atoms with E-state index in [-0.39, 0.29) is 38.8 Å². The van der Waals surface area contributed by atoms with E-state index in [1.54, 1.807) is 0 Å². The summed E-state index contributed by atoms with van der Waals surface area (Å²) in [6.45, 7) is 0.209. The van der Waals surface area contributed by atoms with Gasteiger partial charge < -0.3 is 31.1 Å². The largest absolute Gasteiger partial charge is 0.481 e. The lowest BCUT2D eigenvalue weighted by molar-refractivity contribution is -0.142. The Hall–Kier alpha value is -2.20. The number of nitrogens with one attached hydrogen (secondary N) is 2. The molecule has 0 aromatic heterocycles. The van der Waals surface area contributed by atoms with Crippen molar-refractivity contribution in [1.82, 2.24) is 10.6 Å². The molecule has 2 atom stereocenters. The summed E-state index contributed by atoms with van der Waals surface area (Å²) in [5.74, 6) is -4.60. The minimum atomic E-state index is -1.19. The Labute approximate surface area is 126 Å². The first kappa shape index (κ1) is 19.8. The van der Waals surface area contributed by atoms with Gasteiger partial charge in [0, 0.05) is 25.9 Å². The van der Waals surface area contributed by atoms with Gasteiger partial charge in [0.2, 0.25) is 0 Å². The minimum Gasteiger partial charge on any atom is -0.481 e. The average molecular weight is 320 g/mol. The summed E-state index contributed by atoms with van der Waals surface area (Å²) in [6, 6.07) is -2.08. The molecule has 0 amide bonds. The number of carbonyl (C=O) groups is 4. The van der Waals surface area contributed by atoms with Gasteiger partial charge in [0.1, 0.15) is 12.1 Å². The smallest absolute Gasteiger partial charge is 0.320 e. The van der Waals surface area contributed by atoms with Crippen LogP contribution in [0, 0.1) is 0 Å². The van der Waals surface area contributed by atoms with Crippen molar-refractivity contribution in [3.63, 3.8) is 0 Å². The fourth-order valence-corrected chi connectivity index (χ4v) is 1.65. The monoisotopic (exact) mass is 320 g/mol. The van der Waals surface area contributed by atoms with Gasteiger partial charge in [0.15, 0.2) is 0 Å². The molecule has 0 aromatic rings. The van der Waals surface area contributed by atoms with Crippen LogP contribution in [0.5, 0.6) is 0 Å². The molecule has 0 aliphatic rings. The highest BCUT2D eigenvalue weighted by Gasteiger charge is 2.20. The standard InChI is InChI=1S/C12H20N2O8/c15-9(16)3-1-7(11(19)20)13-5-6-14-8(12(21)22)2-4-10(17)18/h7-8,13-14H,1-6H2,(H,15,16)(H,17,18)(H,19,20)(H,21,22)/t7-,8?/m0/s1. The van der Waals surface area contributed by atoms with Crippen molar-refractivity contribution in [2.75, 3.05) is 13.1 Å². The molecule has 0 fully saturated rings. The second-order valence-corrected chi connectivity index (χ2v) is 4.55. The van der Waals surface area contributed by atoms with E-state index >= 15 is 0 Å². The van der Waals surface area contributed by atoms with Crippen molar-refractivity contribution >= 4 is 23.9 Å². The minimum absolute atomic E-state index is 0.0912. The van der Waals surface area contributed by atoms with Crippen LogP contribution in [-0.4, -0.2) is 69.5 Å². The molecule has 0 aliphatic heterocycles. The molecule has 22 heavy (non-hydrogen) atoms. The Morgan fingerprint density at radius 2 is 1.00 bits per heavy atom. The Kier molecular flexibility index (Phi) is 9.46. The van der Waals surface area contributed by atoms with E-state index in [1.807, 2.05) is 0 Å². The van der Waals surface area contributed by atoms with Crippen LogP contribution in [0.4, 0.5) is 0 Å². The van der Waals surface area contributed by atoms with Crippen molar-refractivity contribution in [2.24, 2.45) is 0 Å². The molecule has 0 saturated carbocycles. The number of hydrogen-bond donors (Lipinski definition) is 6. The molecule has 0 saturated heterocycles. The molecule has 126 valence electrons. The van der Waals surface area contributed by atoms with E-state index in [9.17, 15) is 19.2 Å². The van der Waals surface area contributed by atoms with E-state index in [1.165, 1.54) is 0 Å². The maximum Gasteiger partial charge on any atom is 0.320 e. The number of hydrogen-bond acceptors (Lipinski definition) is 6. The lowest BCUT2D eigenvalue weighted by Gasteiger charge is -2.16. The summed E-state index contributed by atoms with van der Waals surface area (Å²) in [6.07, 6.45) is -0.778. The van der Waals surface area contributed by atoms with E-state index in [4.69, 9.17) is 20.4 Å². The summed E-state index contributed by atoms with van der Waals surface area (Å²) >= 11 is 0. The zero-order valence-corrected chi connectivity index (χ0v) is 11.8. The molecule has 0 spiro atoms. The van der Waals surface area contributed by atoms with Crippen LogP contribution in [0.2, 0.25) is 0 Å². The third-order valence-corrected chi connectivity index (χ3v) is 2.80. The number of carboxylic acids is 4. The van der Waals surface area contributed by atoms with Crippen molar-refractivity contribution in [2.45, 2.75) is 37.8 Å². The third kappa shape index (κ3) is 9.66. The third-order valence-electron chi connectivity index (χ3n) is 2.80. The maximum absolute atomic E-state index is 10.9. The van der Waals surface area contributed by atoms with Crippen LogP contribution < -0.4 is 10.6 Å². The first-order valence-electron chi connectivity index (χ1n) is 6.60. The summed E-state index contributed by atoms with van der Waals surface area (Å²) in [5, 5.41) is 40.0. The highest BCUT2D eigenvalue weighted by atomic mass is 16.4. The van der Waals surface area contributed by atoms with Crippen LogP contribution in [0.3, 0.4) is 0 Å². The van der Waals surface area contributed by atoms with Crippen LogP contribution in [0.25, 0.3) is 0 Å². The number of carboxylic acid groups (broad SMARTS) is 4. The van der Waals surface area contributed by atoms with E-state index in [0.29, 0.717) is 0 Å². The van der Waals surface area contributed by atoms with Gasteiger partial charge in [0.25, 0.3) is 0 Å². The Morgan fingerprint density at radius 3 is 1.23 bits per heavy atom. The zero-order chi connectivity index (χ0) is 17.1. The van der Waals surface area contributed by atoms with E-state index in [0.717, 1.165) is 0 Å². The number of aliphatic carboxylic acids is 4. The highest BCUT2D eigenvalue weighted by molar-refractivity contribution is 5.75. The van der Waals surface area contributed by atoms with E-state index in [2.05, 4.69) is 10.6 Å². The van der Waals surface area contributed by atoms with Crippen molar-refractivity contribution in [3.8, 4) is 0 Å². The summed E-state index contributed by atoms with van der Waals surface area (Å²) < 4.78 is 0. The lowest BCUT2D eigenvalue weighted by atomic mass is 10.1. The van der Waals surface area contributed by atoms with Crippen molar-refractivity contribution in [1.29, 1.82) is 0 Å². The van der Waals surface area contributed by atoms with Crippen LogP contribution >= 0.6 is 0 Å². The quantitative estimate of drug-likeness (QED) is 0.226. The van der Waals surface area contributed by atoms with Crippen LogP contribution in [0.1, 0.15) is 25.7 Å². The van der Waals surface area contributed by atoms with Gasteiger partial charge in [-0.1, -0.05) is 0 Å².